The van der Waals surface area contributed by atoms with Crippen molar-refractivity contribution in [2.45, 2.75) is 129 Å². The summed E-state index contributed by atoms with van der Waals surface area (Å²) in [4.78, 5) is 78.0. The van der Waals surface area contributed by atoms with Crippen LogP contribution < -0.4 is 30.3 Å². The van der Waals surface area contributed by atoms with E-state index < -0.39 is 29.2 Å². The molecule has 85 heavy (non-hydrogen) atoms. The first-order valence-electron chi connectivity index (χ1n) is 30.3. The molecular formula is C64H77F2N11O8. The number of anilines is 2. The molecule has 3 aromatic carbocycles. The van der Waals surface area contributed by atoms with Gasteiger partial charge in [-0.2, -0.15) is 9.97 Å². The average molecular weight is 1170 g/mol. The van der Waals surface area contributed by atoms with Crippen LogP contribution in [0.1, 0.15) is 116 Å². The van der Waals surface area contributed by atoms with Crippen LogP contribution >= 0.6 is 0 Å². The fraction of sp³-hybridized carbons (Fsp3) is 0.547. The van der Waals surface area contributed by atoms with Gasteiger partial charge in [-0.1, -0.05) is 12.0 Å². The van der Waals surface area contributed by atoms with Crippen molar-refractivity contribution in [2.75, 3.05) is 95.8 Å². The zero-order valence-corrected chi connectivity index (χ0v) is 49.6. The fourth-order valence-electron chi connectivity index (χ4n) is 14.3. The molecule has 12 rings (SSSR count). The average Bonchev–Trinajstić information content (AvgIpc) is 2.13. The molecule has 0 saturated carbocycles. The SMILES string of the molecule is C#Cc1c(F)ccc2cc(OCOC)cc(-c3ncc4c(N5C[C@H]6CC[C@@H](C5)N6C(=O)OC(C)(C)C)nc(OCCN5CCC6(CC5)CCN(CC5CCN(c7ccc8c(c7)n(C(C)C)c(=O)n8C7CCC(=O)NC7=O)CC5)CC6)nc4c3F)c12. The summed E-state index contributed by atoms with van der Waals surface area (Å²) in [6.45, 7) is 18.3. The number of carbonyl (C=O) groups is 3. The van der Waals surface area contributed by atoms with Crippen molar-refractivity contribution < 1.29 is 42.1 Å². The van der Waals surface area contributed by atoms with Crippen LogP contribution in [0.15, 0.2) is 53.5 Å². The number of methoxy groups -OCH3 is 1. The Labute approximate surface area is 493 Å². The number of rotatable bonds is 14. The lowest BCUT2D eigenvalue weighted by atomic mass is 9.71. The highest BCUT2D eigenvalue weighted by Gasteiger charge is 2.46. The maximum atomic E-state index is 17.6. The quantitative estimate of drug-likeness (QED) is 0.0620. The zero-order chi connectivity index (χ0) is 59.5. The van der Waals surface area contributed by atoms with Gasteiger partial charge in [-0.15, -0.1) is 6.42 Å². The number of carbonyl (C=O) groups excluding carboxylic acids is 3. The molecular weight excluding hydrogens is 1090 g/mol. The topological polar surface area (TPSA) is 182 Å². The summed E-state index contributed by atoms with van der Waals surface area (Å²) >= 11 is 0. The number of imidazole rings is 1. The van der Waals surface area contributed by atoms with Gasteiger partial charge >= 0.3 is 17.8 Å². The Hall–Kier alpha value is -7.41. The lowest BCUT2D eigenvalue weighted by Crippen LogP contribution is -2.57. The maximum Gasteiger partial charge on any atom is 0.410 e. The third-order valence-corrected chi connectivity index (χ3v) is 18.7. The van der Waals surface area contributed by atoms with E-state index in [-0.39, 0.29) is 84.0 Å². The van der Waals surface area contributed by atoms with Gasteiger partial charge in [0.1, 0.15) is 46.8 Å². The van der Waals surface area contributed by atoms with Crippen molar-refractivity contribution in [1.29, 1.82) is 0 Å². The summed E-state index contributed by atoms with van der Waals surface area (Å²) in [7, 11) is 1.49. The predicted octanol–water partition coefficient (Wildman–Crippen LogP) is 8.82. The summed E-state index contributed by atoms with van der Waals surface area (Å²) in [5.74, 6) is 1.75. The highest BCUT2D eigenvalue weighted by Crippen LogP contribution is 2.44. The number of nitrogens with zero attached hydrogens (tertiary/aromatic N) is 10. The summed E-state index contributed by atoms with van der Waals surface area (Å²) < 4.78 is 59.6. The second kappa shape index (κ2) is 23.5. The number of imide groups is 1. The number of ether oxygens (including phenoxy) is 4. The largest absolute Gasteiger partial charge is 0.468 e. The van der Waals surface area contributed by atoms with E-state index in [2.05, 4.69) is 48.0 Å². The van der Waals surface area contributed by atoms with E-state index in [9.17, 15) is 19.2 Å². The minimum Gasteiger partial charge on any atom is -0.468 e. The van der Waals surface area contributed by atoms with Gasteiger partial charge < -0.3 is 33.6 Å². The number of fused-ring (bicyclic) bond motifs is 5. The van der Waals surface area contributed by atoms with E-state index in [4.69, 9.17) is 35.3 Å². The minimum absolute atomic E-state index is 0.0170. The lowest BCUT2D eigenvalue weighted by Gasteiger charge is -2.47. The molecule has 1 unspecified atom stereocenters. The monoisotopic (exact) mass is 1170 g/mol. The highest BCUT2D eigenvalue weighted by molar-refractivity contribution is 6.03. The second-order valence-corrected chi connectivity index (χ2v) is 25.6. The van der Waals surface area contributed by atoms with Crippen LogP contribution in [0.4, 0.5) is 25.1 Å². The molecule has 9 heterocycles. The number of pyridine rings is 1. The predicted molar refractivity (Wildman–Crippen MR) is 320 cm³/mol. The first kappa shape index (κ1) is 58.0. The Morgan fingerprint density at radius 3 is 2.25 bits per heavy atom. The van der Waals surface area contributed by atoms with Gasteiger partial charge in [0, 0.05) is 81.7 Å². The summed E-state index contributed by atoms with van der Waals surface area (Å²) in [5, 5.41) is 3.62. The molecule has 6 aliphatic heterocycles. The second-order valence-electron chi connectivity index (χ2n) is 25.6. The third kappa shape index (κ3) is 11.5. The van der Waals surface area contributed by atoms with Crippen molar-refractivity contribution in [2.24, 2.45) is 11.3 Å². The Balaban J connectivity index is 0.691. The van der Waals surface area contributed by atoms with Crippen molar-refractivity contribution in [1.82, 2.24) is 44.1 Å². The molecule has 0 radical (unpaired) electrons. The van der Waals surface area contributed by atoms with E-state index >= 15 is 8.78 Å². The number of benzene rings is 3. The molecule has 21 heteroatoms. The molecule has 1 spiro atoms. The normalized spacial score (nSPS) is 21.6. The molecule has 19 nitrogen and oxygen atoms in total. The molecule has 450 valence electrons. The lowest BCUT2D eigenvalue weighted by molar-refractivity contribution is -0.135. The summed E-state index contributed by atoms with van der Waals surface area (Å²) in [6, 6.07) is 11.1. The summed E-state index contributed by atoms with van der Waals surface area (Å²) in [5.41, 5.74) is 2.10. The molecule has 6 saturated heterocycles. The number of terminal acetylenes is 1. The number of aromatic nitrogens is 5. The number of amides is 3. The van der Waals surface area contributed by atoms with Crippen molar-refractivity contribution in [3.63, 3.8) is 0 Å². The first-order valence-corrected chi connectivity index (χ1v) is 30.3. The molecule has 6 fully saturated rings. The van der Waals surface area contributed by atoms with Gasteiger partial charge in [0.15, 0.2) is 12.6 Å². The Morgan fingerprint density at radius 2 is 1.58 bits per heavy atom. The zero-order valence-electron chi connectivity index (χ0n) is 49.6. The van der Waals surface area contributed by atoms with Crippen LogP contribution in [0.2, 0.25) is 0 Å². The van der Waals surface area contributed by atoms with Crippen molar-refractivity contribution in [3.8, 4) is 35.4 Å². The van der Waals surface area contributed by atoms with E-state index in [0.29, 0.717) is 70.6 Å². The van der Waals surface area contributed by atoms with Crippen LogP contribution in [-0.4, -0.2) is 160 Å². The standard InChI is InChI=1S/C64H77F2N11O8/c1-8-46-49(65)13-9-41-31-45(84-38-82-7)33-47(54(41)46)56-55(66)57-48(34-67-56)58(74-36-43-10-11-44(37-74)76(43)62(81)85-63(4,5)6)70-60(69-57)83-30-29-71-25-19-64(20-26-71)21-27-72(28-22-64)35-40-17-23-73(24-18-40)42-12-14-50-52(32-42)75(39(2)3)61(80)77(50)51-15-16-53(78)68-59(51)79/h1,9,12-14,31-34,39-40,43-44,51H,10-11,15-30,35-38H2,2-7H3,(H,68,78,79)/t43-,44+,51?. The van der Waals surface area contributed by atoms with Gasteiger partial charge in [-0.05, 0) is 172 Å². The molecule has 3 amide bonds. The number of piperazine rings is 1. The molecule has 6 aliphatic rings. The number of nitrogens with one attached hydrogen (secondary N) is 1. The molecule has 3 atom stereocenters. The van der Waals surface area contributed by atoms with Gasteiger partial charge in [0.25, 0.3) is 0 Å². The number of hydrogen-bond donors (Lipinski definition) is 1. The fourth-order valence-corrected chi connectivity index (χ4v) is 14.3. The van der Waals surface area contributed by atoms with Gasteiger partial charge in [0.2, 0.25) is 11.8 Å². The third-order valence-electron chi connectivity index (χ3n) is 18.7. The van der Waals surface area contributed by atoms with Crippen LogP contribution in [0.3, 0.4) is 0 Å². The molecule has 1 N–H and O–H groups in total. The Morgan fingerprint density at radius 1 is 0.859 bits per heavy atom. The van der Waals surface area contributed by atoms with Gasteiger partial charge in [0.05, 0.1) is 34.1 Å². The first-order chi connectivity index (χ1) is 40.9. The van der Waals surface area contributed by atoms with E-state index in [1.807, 2.05) is 45.6 Å². The smallest absolute Gasteiger partial charge is 0.410 e. The van der Waals surface area contributed by atoms with Crippen molar-refractivity contribution >= 4 is 62.1 Å². The minimum atomic E-state index is -0.759. The molecule has 2 bridgehead atoms. The number of hydrogen-bond acceptors (Lipinski definition) is 15. The molecule has 0 aliphatic carbocycles. The maximum absolute atomic E-state index is 17.6. The van der Waals surface area contributed by atoms with Crippen LogP contribution in [0.25, 0.3) is 44.0 Å². The van der Waals surface area contributed by atoms with E-state index in [1.165, 1.54) is 26.0 Å². The summed E-state index contributed by atoms with van der Waals surface area (Å²) in [6.07, 6.45) is 15.9. The van der Waals surface area contributed by atoms with Gasteiger partial charge in [-0.25, -0.2) is 18.4 Å². The number of likely N-dealkylation sites (tertiary alicyclic amines) is 2. The Bertz CT molecular complexity index is 3650. The van der Waals surface area contributed by atoms with Crippen LogP contribution in [0.5, 0.6) is 11.8 Å². The Kier molecular flexibility index (Phi) is 16.0. The highest BCUT2D eigenvalue weighted by atomic mass is 19.1. The van der Waals surface area contributed by atoms with E-state index in [0.717, 1.165) is 95.5 Å². The molecule has 6 aromatic rings. The van der Waals surface area contributed by atoms with Crippen LogP contribution in [-0.2, 0) is 19.1 Å². The van der Waals surface area contributed by atoms with E-state index in [1.54, 1.807) is 33.5 Å². The molecule has 3 aromatic heterocycles. The van der Waals surface area contributed by atoms with Crippen LogP contribution in [0, 0.1) is 35.3 Å². The number of piperidine rings is 4. The van der Waals surface area contributed by atoms with Gasteiger partial charge in [-0.3, -0.25) is 38.8 Å². The number of halogens is 2. The van der Waals surface area contributed by atoms with Crippen molar-refractivity contribution in [3.05, 3.63) is 76.3 Å².